The average molecular weight is 221 g/mol. The first-order chi connectivity index (χ1) is 8.36. The lowest BCUT2D eigenvalue weighted by Crippen LogP contribution is -2.04. The normalized spacial score (nSPS) is 10.6. The summed E-state index contributed by atoms with van der Waals surface area (Å²) in [6.07, 6.45) is 1.65. The summed E-state index contributed by atoms with van der Waals surface area (Å²) in [5, 5.41) is 9.57. The summed E-state index contributed by atoms with van der Waals surface area (Å²) in [5.41, 5.74) is 2.58. The van der Waals surface area contributed by atoms with Crippen molar-refractivity contribution < 1.29 is 4.42 Å². The van der Waals surface area contributed by atoms with Crippen molar-refractivity contribution in [3.63, 3.8) is 0 Å². The van der Waals surface area contributed by atoms with Gasteiger partial charge in [-0.05, 0) is 17.7 Å². The van der Waals surface area contributed by atoms with Gasteiger partial charge in [0, 0.05) is 10.9 Å². The van der Waals surface area contributed by atoms with Gasteiger partial charge in [-0.3, -0.25) is 5.41 Å². The van der Waals surface area contributed by atoms with Gasteiger partial charge in [-0.15, -0.1) is 0 Å². The Balaban J connectivity index is 2.33. The van der Waals surface area contributed by atoms with E-state index in [-0.39, 0.29) is 0 Å². The smallest absolute Gasteiger partial charge is 0.135 e. The lowest BCUT2D eigenvalue weighted by molar-refractivity contribution is 0.604. The topological polar surface area (TPSA) is 37.0 Å². The first-order valence-electron chi connectivity index (χ1n) is 5.47. The highest BCUT2D eigenvalue weighted by atomic mass is 16.3. The largest absolute Gasteiger partial charge is 0.464 e. The van der Waals surface area contributed by atoms with Gasteiger partial charge in [0.2, 0.25) is 0 Å². The van der Waals surface area contributed by atoms with Crippen LogP contribution in [0.1, 0.15) is 0 Å². The van der Waals surface area contributed by atoms with Crippen LogP contribution in [0.15, 0.2) is 65.3 Å². The third-order valence-electron chi connectivity index (χ3n) is 2.81. The van der Waals surface area contributed by atoms with E-state index in [1.165, 1.54) is 0 Å². The number of hydrogen-bond donors (Lipinski definition) is 1. The molecule has 0 bridgehead atoms. The van der Waals surface area contributed by atoms with Gasteiger partial charge in [-0.25, -0.2) is 0 Å². The van der Waals surface area contributed by atoms with Crippen LogP contribution in [0, 0.1) is 5.41 Å². The van der Waals surface area contributed by atoms with Crippen LogP contribution in [0.3, 0.4) is 0 Å². The van der Waals surface area contributed by atoms with Gasteiger partial charge in [0.25, 0.3) is 0 Å². The van der Waals surface area contributed by atoms with Crippen LogP contribution in [0.25, 0.3) is 22.1 Å². The molecule has 0 saturated heterocycles. The predicted molar refractivity (Wildman–Crippen MR) is 67.5 cm³/mol. The zero-order valence-electron chi connectivity index (χ0n) is 9.18. The molecular formula is C15H11NO. The predicted octanol–water partition coefficient (Wildman–Crippen LogP) is 3.58. The summed E-state index contributed by atoms with van der Waals surface area (Å²) in [6.45, 7) is 0. The second kappa shape index (κ2) is 3.91. The molecule has 2 nitrogen and oxygen atoms in total. The fourth-order valence-electron chi connectivity index (χ4n) is 1.93. The minimum absolute atomic E-state index is 0.512. The fraction of sp³-hybridized carbons (Fsp3) is 0. The molecule has 0 unspecified atom stereocenters. The molecule has 0 aliphatic carbocycles. The summed E-state index contributed by atoms with van der Waals surface area (Å²) in [7, 11) is 0. The van der Waals surface area contributed by atoms with Gasteiger partial charge in [0.05, 0.1) is 5.36 Å². The summed E-state index contributed by atoms with van der Waals surface area (Å²) < 4.78 is 5.56. The van der Waals surface area contributed by atoms with E-state index < -0.39 is 0 Å². The molecule has 0 fully saturated rings. The van der Waals surface area contributed by atoms with Gasteiger partial charge in [-0.1, -0.05) is 42.5 Å². The molecule has 82 valence electrons. The van der Waals surface area contributed by atoms with Crippen LogP contribution in [-0.4, -0.2) is 0 Å². The highest BCUT2D eigenvalue weighted by molar-refractivity contribution is 5.80. The molecule has 0 aliphatic heterocycles. The number of nitrogens with one attached hydrogen (secondary N) is 1. The van der Waals surface area contributed by atoms with Gasteiger partial charge >= 0.3 is 0 Å². The molecular weight excluding hydrogens is 210 g/mol. The Hall–Kier alpha value is -2.35. The number of hydrogen-bond acceptors (Lipinski definition) is 2. The highest BCUT2D eigenvalue weighted by Crippen LogP contribution is 2.18. The van der Waals surface area contributed by atoms with Crippen molar-refractivity contribution >= 4 is 11.0 Å². The molecule has 3 rings (SSSR count). The van der Waals surface area contributed by atoms with Crippen LogP contribution < -0.4 is 5.36 Å². The van der Waals surface area contributed by atoms with Gasteiger partial charge in [0.15, 0.2) is 0 Å². The fourth-order valence-corrected chi connectivity index (χ4v) is 1.93. The van der Waals surface area contributed by atoms with Gasteiger partial charge in [-0.2, -0.15) is 0 Å². The molecule has 1 aromatic heterocycles. The van der Waals surface area contributed by atoms with Crippen molar-refractivity contribution in [3.05, 3.63) is 66.2 Å². The summed E-state index contributed by atoms with van der Waals surface area (Å²) in [6, 6.07) is 17.5. The van der Waals surface area contributed by atoms with Crippen molar-refractivity contribution in [2.45, 2.75) is 0 Å². The Kier molecular flexibility index (Phi) is 2.26. The van der Waals surface area contributed by atoms with E-state index in [2.05, 4.69) is 0 Å². The second-order valence-electron chi connectivity index (χ2n) is 3.89. The van der Waals surface area contributed by atoms with Crippen molar-refractivity contribution in [1.82, 2.24) is 0 Å². The number of benzene rings is 2. The molecule has 0 aliphatic rings. The summed E-state index contributed by atoms with van der Waals surface area (Å²) >= 11 is 0. The Morgan fingerprint density at radius 1 is 0.824 bits per heavy atom. The maximum Gasteiger partial charge on any atom is 0.135 e. The quantitative estimate of drug-likeness (QED) is 0.670. The van der Waals surface area contributed by atoms with Crippen molar-refractivity contribution in [2.24, 2.45) is 0 Å². The van der Waals surface area contributed by atoms with E-state index in [0.29, 0.717) is 5.36 Å². The first-order valence-corrected chi connectivity index (χ1v) is 5.47. The molecule has 0 spiro atoms. The Labute approximate surface area is 98.7 Å². The van der Waals surface area contributed by atoms with E-state index in [9.17, 15) is 0 Å². The Morgan fingerprint density at radius 3 is 2.35 bits per heavy atom. The minimum Gasteiger partial charge on any atom is -0.464 e. The summed E-state index contributed by atoms with van der Waals surface area (Å²) in [4.78, 5) is 0. The van der Waals surface area contributed by atoms with Crippen molar-refractivity contribution in [3.8, 4) is 11.1 Å². The van der Waals surface area contributed by atoms with E-state index in [0.717, 1.165) is 22.1 Å². The third kappa shape index (κ3) is 1.64. The molecule has 1 heterocycles. The number of fused-ring (bicyclic) bond motifs is 1. The first kappa shape index (κ1) is 9.85. The highest BCUT2D eigenvalue weighted by Gasteiger charge is 2.04. The average Bonchev–Trinajstić information content (AvgIpc) is 2.40. The van der Waals surface area contributed by atoms with Crippen molar-refractivity contribution in [1.29, 1.82) is 5.41 Å². The van der Waals surface area contributed by atoms with Crippen LogP contribution in [0.4, 0.5) is 0 Å². The molecule has 17 heavy (non-hydrogen) atoms. The van der Waals surface area contributed by atoms with E-state index in [1.54, 1.807) is 6.26 Å². The Morgan fingerprint density at radius 2 is 1.53 bits per heavy atom. The molecule has 0 radical (unpaired) electrons. The Bertz CT molecular complexity index is 714. The van der Waals surface area contributed by atoms with E-state index in [4.69, 9.17) is 9.83 Å². The van der Waals surface area contributed by atoms with Crippen LogP contribution in [0.2, 0.25) is 0 Å². The van der Waals surface area contributed by atoms with Crippen LogP contribution >= 0.6 is 0 Å². The molecule has 3 aromatic rings. The van der Waals surface area contributed by atoms with Crippen LogP contribution in [-0.2, 0) is 0 Å². The third-order valence-corrected chi connectivity index (χ3v) is 2.81. The zero-order chi connectivity index (χ0) is 11.7. The summed E-state index contributed by atoms with van der Waals surface area (Å²) in [5.74, 6) is 0. The number of para-hydroxylation sites is 1. The van der Waals surface area contributed by atoms with Crippen LogP contribution in [0.5, 0.6) is 0 Å². The maximum atomic E-state index is 8.22. The second-order valence-corrected chi connectivity index (χ2v) is 3.89. The van der Waals surface area contributed by atoms with E-state index in [1.807, 2.05) is 54.6 Å². The maximum absolute atomic E-state index is 8.22. The molecule has 2 aromatic carbocycles. The van der Waals surface area contributed by atoms with Crippen molar-refractivity contribution in [2.75, 3.05) is 0 Å². The monoisotopic (exact) mass is 221 g/mol. The molecule has 2 heteroatoms. The van der Waals surface area contributed by atoms with Gasteiger partial charge in [0.1, 0.15) is 11.8 Å². The lowest BCUT2D eigenvalue weighted by Gasteiger charge is -2.03. The SMILES string of the molecule is N=c1c(-c2ccccc2)coc2ccccc12. The number of rotatable bonds is 1. The molecule has 0 saturated carbocycles. The lowest BCUT2D eigenvalue weighted by atomic mass is 10.1. The standard InChI is InChI=1S/C15H11NO/c16-15-12-8-4-5-9-14(12)17-10-13(15)11-6-2-1-3-7-11/h1-10,16H. The molecule has 0 amide bonds. The molecule has 1 N–H and O–H groups in total. The zero-order valence-corrected chi connectivity index (χ0v) is 9.18. The van der Waals surface area contributed by atoms with E-state index >= 15 is 0 Å². The minimum atomic E-state index is 0.512. The van der Waals surface area contributed by atoms with Gasteiger partial charge < -0.3 is 4.42 Å². The molecule has 0 atom stereocenters.